The highest BCUT2D eigenvalue weighted by molar-refractivity contribution is 5.66. The first kappa shape index (κ1) is 17.1. The number of hydrogen-bond acceptors (Lipinski definition) is 7. The average molecular weight is 328 g/mol. The molecule has 3 rings (SSSR count). The zero-order valence-corrected chi connectivity index (χ0v) is 14.4. The number of rotatable bonds is 3. The van der Waals surface area contributed by atoms with Crippen molar-refractivity contribution in [2.24, 2.45) is 5.73 Å². The number of esters is 1. The van der Waals surface area contributed by atoms with E-state index in [0.29, 0.717) is 6.54 Å². The van der Waals surface area contributed by atoms with Crippen LogP contribution >= 0.6 is 0 Å². The van der Waals surface area contributed by atoms with Crippen LogP contribution in [0.1, 0.15) is 40.5 Å². The van der Waals surface area contributed by atoms with Gasteiger partial charge in [0.25, 0.3) is 0 Å². The van der Waals surface area contributed by atoms with E-state index >= 15 is 0 Å². The van der Waals surface area contributed by atoms with Crippen molar-refractivity contribution in [1.29, 1.82) is 0 Å². The smallest absolute Gasteiger partial charge is 0.303 e. The highest BCUT2D eigenvalue weighted by atomic mass is 16.8. The molecule has 7 heteroatoms. The lowest BCUT2D eigenvalue weighted by Gasteiger charge is -2.38. The normalized spacial score (nSPS) is 39.2. The molecule has 0 saturated carbocycles. The van der Waals surface area contributed by atoms with E-state index in [4.69, 9.17) is 24.7 Å². The molecule has 2 N–H and O–H groups in total. The number of carbonyl (C=O) groups is 1. The summed E-state index contributed by atoms with van der Waals surface area (Å²) in [5.74, 6) is -1.05. The Kier molecular flexibility index (Phi) is 4.44. The number of ether oxygens (including phenoxy) is 4. The largest absolute Gasteiger partial charge is 0.457 e. The van der Waals surface area contributed by atoms with Gasteiger partial charge in [-0.3, -0.25) is 4.79 Å². The van der Waals surface area contributed by atoms with Gasteiger partial charge in [-0.2, -0.15) is 0 Å². The number of likely N-dealkylation sites (tertiary alicyclic amines) is 1. The molecule has 0 aliphatic carbocycles. The minimum atomic E-state index is -0.717. The summed E-state index contributed by atoms with van der Waals surface area (Å²) in [6, 6.07) is 0. The third kappa shape index (κ3) is 3.85. The SMILES string of the molecule is CC(=O)O[C@H]1C(CN2CCC(C)(N)CC2)O[C@@H]2OC(C)(C)O[C@@H]21. The van der Waals surface area contributed by atoms with Crippen LogP contribution in [-0.2, 0) is 23.7 Å². The van der Waals surface area contributed by atoms with E-state index in [-0.39, 0.29) is 23.7 Å². The molecular weight excluding hydrogens is 300 g/mol. The lowest BCUT2D eigenvalue weighted by atomic mass is 9.91. The van der Waals surface area contributed by atoms with E-state index in [1.807, 2.05) is 13.8 Å². The molecule has 23 heavy (non-hydrogen) atoms. The Bertz CT molecular complexity index is 457. The van der Waals surface area contributed by atoms with Crippen molar-refractivity contribution in [3.8, 4) is 0 Å². The quantitative estimate of drug-likeness (QED) is 0.760. The number of nitrogens with two attached hydrogens (primary N) is 1. The lowest BCUT2D eigenvalue weighted by Crippen LogP contribution is -2.51. The highest BCUT2D eigenvalue weighted by Crippen LogP contribution is 2.39. The number of nitrogens with zero attached hydrogens (tertiary/aromatic N) is 1. The van der Waals surface area contributed by atoms with Crippen LogP contribution in [-0.4, -0.2) is 66.4 Å². The van der Waals surface area contributed by atoms with Crippen LogP contribution in [0.3, 0.4) is 0 Å². The number of fused-ring (bicyclic) bond motifs is 1. The van der Waals surface area contributed by atoms with Crippen molar-refractivity contribution < 1.29 is 23.7 Å². The molecule has 7 nitrogen and oxygen atoms in total. The minimum Gasteiger partial charge on any atom is -0.457 e. The topological polar surface area (TPSA) is 83.3 Å². The number of hydrogen-bond donors (Lipinski definition) is 1. The fourth-order valence-electron chi connectivity index (χ4n) is 3.53. The maximum Gasteiger partial charge on any atom is 0.303 e. The monoisotopic (exact) mass is 328 g/mol. The van der Waals surface area contributed by atoms with Crippen molar-refractivity contribution in [2.45, 2.75) is 76.5 Å². The van der Waals surface area contributed by atoms with Crippen LogP contribution in [0, 0.1) is 0 Å². The van der Waals surface area contributed by atoms with E-state index < -0.39 is 18.2 Å². The second kappa shape index (κ2) is 5.97. The maximum atomic E-state index is 11.5. The Balaban J connectivity index is 1.64. The van der Waals surface area contributed by atoms with Crippen LogP contribution in [0.25, 0.3) is 0 Å². The Morgan fingerprint density at radius 1 is 1.26 bits per heavy atom. The molecule has 132 valence electrons. The van der Waals surface area contributed by atoms with E-state index in [0.717, 1.165) is 25.9 Å². The van der Waals surface area contributed by atoms with Gasteiger partial charge in [0.1, 0.15) is 6.10 Å². The maximum absolute atomic E-state index is 11.5. The summed E-state index contributed by atoms with van der Waals surface area (Å²) in [5, 5.41) is 0. The molecule has 3 heterocycles. The van der Waals surface area contributed by atoms with Gasteiger partial charge in [0.05, 0.1) is 0 Å². The van der Waals surface area contributed by atoms with Crippen LogP contribution in [0.15, 0.2) is 0 Å². The third-order valence-corrected chi connectivity index (χ3v) is 4.83. The zero-order valence-electron chi connectivity index (χ0n) is 14.4. The van der Waals surface area contributed by atoms with Crippen molar-refractivity contribution in [2.75, 3.05) is 19.6 Å². The Labute approximate surface area is 137 Å². The van der Waals surface area contributed by atoms with Gasteiger partial charge >= 0.3 is 5.97 Å². The van der Waals surface area contributed by atoms with E-state index in [9.17, 15) is 4.79 Å². The molecule has 3 aliphatic heterocycles. The first-order valence-corrected chi connectivity index (χ1v) is 8.35. The molecule has 0 aromatic carbocycles. The fraction of sp³-hybridized carbons (Fsp3) is 0.938. The summed E-state index contributed by atoms with van der Waals surface area (Å²) >= 11 is 0. The summed E-state index contributed by atoms with van der Waals surface area (Å²) in [6.07, 6.45) is 0.361. The molecule has 3 saturated heterocycles. The van der Waals surface area contributed by atoms with Gasteiger partial charge in [0.15, 0.2) is 24.3 Å². The number of carbonyl (C=O) groups excluding carboxylic acids is 1. The second-order valence-corrected chi connectivity index (χ2v) is 7.67. The first-order valence-electron chi connectivity index (χ1n) is 8.35. The van der Waals surface area contributed by atoms with Crippen molar-refractivity contribution in [3.05, 3.63) is 0 Å². The van der Waals surface area contributed by atoms with Crippen LogP contribution < -0.4 is 5.73 Å². The minimum absolute atomic E-state index is 0.0882. The summed E-state index contributed by atoms with van der Waals surface area (Å²) in [5.41, 5.74) is 6.09. The Morgan fingerprint density at radius 3 is 2.52 bits per heavy atom. The van der Waals surface area contributed by atoms with Gasteiger partial charge < -0.3 is 29.6 Å². The predicted molar refractivity (Wildman–Crippen MR) is 82.5 cm³/mol. The summed E-state index contributed by atoms with van der Waals surface area (Å²) < 4.78 is 23.1. The van der Waals surface area contributed by atoms with Gasteiger partial charge in [-0.05, 0) is 46.7 Å². The third-order valence-electron chi connectivity index (χ3n) is 4.83. The van der Waals surface area contributed by atoms with Crippen molar-refractivity contribution in [3.63, 3.8) is 0 Å². The van der Waals surface area contributed by atoms with E-state index in [1.54, 1.807) is 0 Å². The molecule has 4 atom stereocenters. The Morgan fingerprint density at radius 2 is 1.91 bits per heavy atom. The summed E-state index contributed by atoms with van der Waals surface area (Å²) in [7, 11) is 0. The molecular formula is C16H28N2O5. The van der Waals surface area contributed by atoms with E-state index in [1.165, 1.54) is 6.92 Å². The molecule has 0 aromatic rings. The molecule has 0 radical (unpaired) electrons. The van der Waals surface area contributed by atoms with Gasteiger partial charge in [-0.25, -0.2) is 0 Å². The van der Waals surface area contributed by atoms with Crippen LogP contribution in [0.4, 0.5) is 0 Å². The van der Waals surface area contributed by atoms with Crippen molar-refractivity contribution >= 4 is 5.97 Å². The van der Waals surface area contributed by atoms with Crippen LogP contribution in [0.2, 0.25) is 0 Å². The van der Waals surface area contributed by atoms with Gasteiger partial charge in [0, 0.05) is 19.0 Å². The molecule has 3 fully saturated rings. The molecule has 0 amide bonds. The molecule has 1 unspecified atom stereocenters. The number of piperidine rings is 1. The molecule has 0 aromatic heterocycles. The molecule has 0 spiro atoms. The Hall–Kier alpha value is -0.730. The first-order chi connectivity index (χ1) is 10.7. The van der Waals surface area contributed by atoms with Gasteiger partial charge in [0.2, 0.25) is 0 Å². The average Bonchev–Trinajstić information content (AvgIpc) is 2.86. The van der Waals surface area contributed by atoms with Gasteiger partial charge in [-0.1, -0.05) is 0 Å². The highest BCUT2D eigenvalue weighted by Gasteiger charge is 2.56. The predicted octanol–water partition coefficient (Wildman–Crippen LogP) is 0.608. The molecule has 3 aliphatic rings. The van der Waals surface area contributed by atoms with E-state index in [2.05, 4.69) is 11.8 Å². The molecule has 0 bridgehead atoms. The second-order valence-electron chi connectivity index (χ2n) is 7.67. The summed E-state index contributed by atoms with van der Waals surface area (Å²) in [6.45, 7) is 9.69. The van der Waals surface area contributed by atoms with Crippen LogP contribution in [0.5, 0.6) is 0 Å². The summed E-state index contributed by atoms with van der Waals surface area (Å²) in [4.78, 5) is 13.8. The zero-order chi connectivity index (χ0) is 16.8. The fourth-order valence-corrected chi connectivity index (χ4v) is 3.53. The standard InChI is InChI=1S/C16H28N2O5/c1-10(19)20-12-11(9-18-7-5-16(4,17)6-8-18)21-14-13(12)22-15(2,3)23-14/h11-14H,5-9,17H2,1-4H3/t11?,12-,13+,14+/m0/s1. The van der Waals surface area contributed by atoms with Gasteiger partial charge in [-0.15, -0.1) is 0 Å². The van der Waals surface area contributed by atoms with Crippen molar-refractivity contribution in [1.82, 2.24) is 4.90 Å². The lowest BCUT2D eigenvalue weighted by molar-refractivity contribution is -0.220.